The van der Waals surface area contributed by atoms with E-state index in [0.717, 1.165) is 18.8 Å². The molecule has 0 heterocycles. The van der Waals surface area contributed by atoms with Crippen molar-refractivity contribution >= 4 is 11.9 Å². The molecule has 0 aromatic rings. The van der Waals surface area contributed by atoms with Crippen LogP contribution in [-0.4, -0.2) is 25.0 Å². The minimum absolute atomic E-state index is 0.238. The van der Waals surface area contributed by atoms with Crippen molar-refractivity contribution in [3.8, 4) is 0 Å². The maximum atomic E-state index is 11.1. The van der Waals surface area contributed by atoms with E-state index >= 15 is 0 Å². The van der Waals surface area contributed by atoms with Crippen molar-refractivity contribution in [3.63, 3.8) is 0 Å². The number of esters is 1. The minimum Gasteiger partial charge on any atom is -0.459 e. The molecule has 4 heteroatoms. The number of rotatable bonds is 8. The molecule has 0 aliphatic carbocycles. The summed E-state index contributed by atoms with van der Waals surface area (Å²) >= 11 is 0. The van der Waals surface area contributed by atoms with E-state index in [2.05, 4.69) is 23.9 Å². The van der Waals surface area contributed by atoms with Crippen molar-refractivity contribution in [1.29, 1.82) is 0 Å². The van der Waals surface area contributed by atoms with Crippen molar-refractivity contribution in [2.75, 3.05) is 13.2 Å². The lowest BCUT2D eigenvalue weighted by Gasteiger charge is -2.05. The Morgan fingerprint density at radius 1 is 1.12 bits per heavy atom. The molecule has 0 bridgehead atoms. The summed E-state index contributed by atoms with van der Waals surface area (Å²) in [5, 5.41) is 2.55. The highest BCUT2D eigenvalue weighted by Crippen LogP contribution is 2.08. The highest BCUT2D eigenvalue weighted by Gasteiger charge is 2.12. The Labute approximate surface area is 104 Å². The van der Waals surface area contributed by atoms with Gasteiger partial charge in [0, 0.05) is 6.54 Å². The monoisotopic (exact) mass is 243 g/mol. The third kappa shape index (κ3) is 9.85. The van der Waals surface area contributed by atoms with Gasteiger partial charge in [-0.1, -0.05) is 39.5 Å². The van der Waals surface area contributed by atoms with E-state index in [-0.39, 0.29) is 6.61 Å². The molecule has 0 atom stereocenters. The summed E-state index contributed by atoms with van der Waals surface area (Å²) in [6.45, 7) is 6.92. The molecule has 1 N–H and O–H groups in total. The number of hydrogen-bond donors (Lipinski definition) is 1. The van der Waals surface area contributed by atoms with E-state index in [1.807, 2.05) is 0 Å². The summed E-state index contributed by atoms with van der Waals surface area (Å²) in [4.78, 5) is 22.1. The Balaban J connectivity index is 3.33. The van der Waals surface area contributed by atoms with Crippen LogP contribution in [0.5, 0.6) is 0 Å². The van der Waals surface area contributed by atoms with Crippen LogP contribution >= 0.6 is 0 Å². The maximum absolute atomic E-state index is 11.1. The van der Waals surface area contributed by atoms with Gasteiger partial charge in [-0.05, 0) is 19.3 Å². The van der Waals surface area contributed by atoms with Crippen LogP contribution in [0, 0.1) is 5.92 Å². The third-order valence-corrected chi connectivity index (χ3v) is 2.45. The molecule has 1 amide bonds. The first-order valence-corrected chi connectivity index (χ1v) is 6.52. The molecule has 4 nitrogen and oxygen atoms in total. The molecule has 0 aromatic heterocycles. The second-order valence-electron chi connectivity index (χ2n) is 4.57. The predicted octanol–water partition coefficient (Wildman–Crippen LogP) is 2.27. The first kappa shape index (κ1) is 15.9. The number of ether oxygens (including phenoxy) is 1. The quantitative estimate of drug-likeness (QED) is 0.404. The summed E-state index contributed by atoms with van der Waals surface area (Å²) in [5.41, 5.74) is 0. The molecular weight excluding hydrogens is 218 g/mol. The Hall–Kier alpha value is -1.06. The number of amides is 1. The summed E-state index contributed by atoms with van der Waals surface area (Å²) in [5.74, 6) is -0.653. The Kier molecular flexibility index (Phi) is 9.49. The van der Waals surface area contributed by atoms with Gasteiger partial charge in [-0.15, -0.1) is 0 Å². The van der Waals surface area contributed by atoms with E-state index in [0.29, 0.717) is 6.54 Å². The average Bonchev–Trinajstić information content (AvgIpc) is 2.27. The lowest BCUT2D eigenvalue weighted by atomic mass is 10.0. The average molecular weight is 243 g/mol. The Morgan fingerprint density at radius 3 is 2.35 bits per heavy atom. The molecule has 100 valence electrons. The van der Waals surface area contributed by atoms with Gasteiger partial charge in [-0.3, -0.25) is 4.79 Å². The maximum Gasteiger partial charge on any atom is 0.396 e. The molecule has 0 aromatic carbocycles. The molecule has 0 spiro atoms. The molecule has 0 aliphatic heterocycles. The molecule has 0 aliphatic rings. The van der Waals surface area contributed by atoms with Gasteiger partial charge < -0.3 is 10.1 Å². The third-order valence-electron chi connectivity index (χ3n) is 2.45. The van der Waals surface area contributed by atoms with Gasteiger partial charge in [-0.25, -0.2) is 4.79 Å². The fourth-order valence-corrected chi connectivity index (χ4v) is 1.50. The van der Waals surface area contributed by atoms with Crippen LogP contribution in [0.3, 0.4) is 0 Å². The van der Waals surface area contributed by atoms with Crippen molar-refractivity contribution < 1.29 is 14.3 Å². The zero-order valence-electron chi connectivity index (χ0n) is 11.3. The fraction of sp³-hybridized carbons (Fsp3) is 0.846. The number of carbonyl (C=O) groups excluding carboxylic acids is 2. The van der Waals surface area contributed by atoms with E-state index in [1.54, 1.807) is 6.92 Å². The van der Waals surface area contributed by atoms with E-state index in [4.69, 9.17) is 0 Å². The predicted molar refractivity (Wildman–Crippen MR) is 67.6 cm³/mol. The standard InChI is InChI=1S/C13H25NO3/c1-4-17-13(16)12(15)14-10-8-6-5-7-9-11(2)3/h11H,4-10H2,1-3H3,(H,14,15). The Morgan fingerprint density at radius 2 is 1.76 bits per heavy atom. The number of hydrogen-bond acceptors (Lipinski definition) is 3. The van der Waals surface area contributed by atoms with Gasteiger partial charge in [-0.2, -0.15) is 0 Å². The van der Waals surface area contributed by atoms with Crippen molar-refractivity contribution in [2.24, 2.45) is 5.92 Å². The smallest absolute Gasteiger partial charge is 0.396 e. The normalized spacial score (nSPS) is 10.4. The first-order chi connectivity index (χ1) is 8.07. The number of nitrogens with one attached hydrogen (secondary N) is 1. The summed E-state index contributed by atoms with van der Waals surface area (Å²) < 4.78 is 4.57. The lowest BCUT2D eigenvalue weighted by Crippen LogP contribution is -2.33. The lowest BCUT2D eigenvalue weighted by molar-refractivity contribution is -0.154. The zero-order chi connectivity index (χ0) is 13.1. The highest BCUT2D eigenvalue weighted by atomic mass is 16.5. The minimum atomic E-state index is -0.785. The highest BCUT2D eigenvalue weighted by molar-refractivity contribution is 6.32. The van der Waals surface area contributed by atoms with Crippen LogP contribution < -0.4 is 5.32 Å². The number of carbonyl (C=O) groups is 2. The topological polar surface area (TPSA) is 55.4 Å². The second kappa shape index (κ2) is 10.1. The van der Waals surface area contributed by atoms with Gasteiger partial charge in [0.15, 0.2) is 0 Å². The number of unbranched alkanes of at least 4 members (excludes halogenated alkanes) is 3. The molecule has 0 fully saturated rings. The van der Waals surface area contributed by atoms with Gasteiger partial charge in [0.2, 0.25) is 0 Å². The molecule has 0 radical (unpaired) electrons. The molecule has 0 rings (SSSR count). The summed E-state index contributed by atoms with van der Waals surface area (Å²) in [6.07, 6.45) is 5.70. The SMILES string of the molecule is CCOC(=O)C(=O)NCCCCCCC(C)C. The van der Waals surface area contributed by atoms with Crippen LogP contribution in [0.15, 0.2) is 0 Å². The van der Waals surface area contributed by atoms with Crippen LogP contribution in [-0.2, 0) is 14.3 Å². The molecular formula is C13H25NO3. The van der Waals surface area contributed by atoms with Crippen molar-refractivity contribution in [3.05, 3.63) is 0 Å². The fourth-order valence-electron chi connectivity index (χ4n) is 1.50. The summed E-state index contributed by atoms with van der Waals surface area (Å²) in [6, 6.07) is 0. The second-order valence-corrected chi connectivity index (χ2v) is 4.57. The molecule has 17 heavy (non-hydrogen) atoms. The van der Waals surface area contributed by atoms with Crippen LogP contribution in [0.4, 0.5) is 0 Å². The van der Waals surface area contributed by atoms with Gasteiger partial charge >= 0.3 is 11.9 Å². The van der Waals surface area contributed by atoms with Crippen LogP contribution in [0.1, 0.15) is 52.9 Å². The zero-order valence-corrected chi connectivity index (χ0v) is 11.3. The van der Waals surface area contributed by atoms with Gasteiger partial charge in [0.25, 0.3) is 0 Å². The molecule has 0 saturated heterocycles. The van der Waals surface area contributed by atoms with Gasteiger partial charge in [0.1, 0.15) is 0 Å². The van der Waals surface area contributed by atoms with Crippen LogP contribution in [0.25, 0.3) is 0 Å². The van der Waals surface area contributed by atoms with Crippen LogP contribution in [0.2, 0.25) is 0 Å². The molecule has 0 unspecified atom stereocenters. The van der Waals surface area contributed by atoms with Gasteiger partial charge in [0.05, 0.1) is 6.61 Å². The largest absolute Gasteiger partial charge is 0.459 e. The van der Waals surface area contributed by atoms with E-state index in [1.165, 1.54) is 19.3 Å². The Bertz CT molecular complexity index is 227. The van der Waals surface area contributed by atoms with Crippen molar-refractivity contribution in [2.45, 2.75) is 52.9 Å². The summed E-state index contributed by atoms with van der Waals surface area (Å²) in [7, 11) is 0. The molecule has 0 saturated carbocycles. The van der Waals surface area contributed by atoms with E-state index in [9.17, 15) is 9.59 Å². The van der Waals surface area contributed by atoms with E-state index < -0.39 is 11.9 Å². The van der Waals surface area contributed by atoms with Crippen molar-refractivity contribution in [1.82, 2.24) is 5.32 Å². The first-order valence-electron chi connectivity index (χ1n) is 6.52.